The van der Waals surface area contributed by atoms with Crippen LogP contribution in [-0.4, -0.2) is 6.54 Å². The van der Waals surface area contributed by atoms with Gasteiger partial charge in [0.1, 0.15) is 5.76 Å². The van der Waals surface area contributed by atoms with Gasteiger partial charge in [0.05, 0.1) is 11.1 Å². The van der Waals surface area contributed by atoms with E-state index in [0.717, 1.165) is 23.3 Å². The van der Waals surface area contributed by atoms with E-state index in [1.165, 1.54) is 0 Å². The standard InChI is InChI=1S/C13H15Cl2NO/c1-4-16-8(3)12-7(2)10-5-9(14)6-11(15)13(10)17-12/h5-6,8,16H,4H2,1-3H3. The Hall–Kier alpha value is -0.700. The van der Waals surface area contributed by atoms with Crippen LogP contribution in [0.5, 0.6) is 0 Å². The lowest BCUT2D eigenvalue weighted by atomic mass is 10.1. The van der Waals surface area contributed by atoms with Gasteiger partial charge in [0, 0.05) is 16.0 Å². The number of nitrogens with one attached hydrogen (secondary N) is 1. The molecule has 4 heteroatoms. The fourth-order valence-corrected chi connectivity index (χ4v) is 2.61. The molecule has 0 bridgehead atoms. The summed E-state index contributed by atoms with van der Waals surface area (Å²) in [6, 6.07) is 3.77. The van der Waals surface area contributed by atoms with Crippen molar-refractivity contribution in [3.63, 3.8) is 0 Å². The van der Waals surface area contributed by atoms with Crippen LogP contribution in [0.3, 0.4) is 0 Å². The Morgan fingerprint density at radius 1 is 1.35 bits per heavy atom. The number of benzene rings is 1. The molecule has 1 aromatic carbocycles. The largest absolute Gasteiger partial charge is 0.458 e. The molecule has 2 nitrogen and oxygen atoms in total. The maximum Gasteiger partial charge on any atom is 0.153 e. The Labute approximate surface area is 111 Å². The summed E-state index contributed by atoms with van der Waals surface area (Å²) < 4.78 is 5.85. The van der Waals surface area contributed by atoms with Crippen molar-refractivity contribution in [2.24, 2.45) is 0 Å². The van der Waals surface area contributed by atoms with Gasteiger partial charge in [-0.3, -0.25) is 0 Å². The molecule has 0 aliphatic rings. The molecular weight excluding hydrogens is 257 g/mol. The first kappa shape index (κ1) is 12.7. The van der Waals surface area contributed by atoms with Crippen molar-refractivity contribution < 1.29 is 4.42 Å². The SMILES string of the molecule is CCNC(C)c1oc2c(Cl)cc(Cl)cc2c1C. The maximum absolute atomic E-state index is 6.13. The van der Waals surface area contributed by atoms with Gasteiger partial charge < -0.3 is 9.73 Å². The molecule has 0 radical (unpaired) electrons. The van der Waals surface area contributed by atoms with E-state index in [2.05, 4.69) is 19.2 Å². The number of hydrogen-bond acceptors (Lipinski definition) is 2. The molecule has 17 heavy (non-hydrogen) atoms. The van der Waals surface area contributed by atoms with Crippen molar-refractivity contribution in [3.05, 3.63) is 33.5 Å². The summed E-state index contributed by atoms with van der Waals surface area (Å²) >= 11 is 12.1. The number of aryl methyl sites for hydroxylation is 1. The Morgan fingerprint density at radius 2 is 2.06 bits per heavy atom. The normalized spacial score (nSPS) is 13.2. The lowest BCUT2D eigenvalue weighted by Crippen LogP contribution is -2.17. The molecule has 0 aliphatic carbocycles. The monoisotopic (exact) mass is 271 g/mol. The highest BCUT2D eigenvalue weighted by molar-refractivity contribution is 6.38. The second-order valence-electron chi connectivity index (χ2n) is 4.13. The third-order valence-electron chi connectivity index (χ3n) is 2.90. The van der Waals surface area contributed by atoms with Crippen molar-refractivity contribution in [2.75, 3.05) is 6.54 Å². The molecule has 0 spiro atoms. The Balaban J connectivity index is 2.60. The highest BCUT2D eigenvalue weighted by atomic mass is 35.5. The van der Waals surface area contributed by atoms with Crippen LogP contribution in [0.15, 0.2) is 16.5 Å². The summed E-state index contributed by atoms with van der Waals surface area (Å²) in [6.07, 6.45) is 0. The third kappa shape index (κ3) is 2.30. The lowest BCUT2D eigenvalue weighted by Gasteiger charge is -2.09. The van der Waals surface area contributed by atoms with Crippen LogP contribution >= 0.6 is 23.2 Å². The van der Waals surface area contributed by atoms with Gasteiger partial charge in [-0.05, 0) is 32.5 Å². The van der Waals surface area contributed by atoms with Gasteiger partial charge in [-0.25, -0.2) is 0 Å². The number of halogens is 2. The fourth-order valence-electron chi connectivity index (χ4n) is 2.07. The predicted octanol–water partition coefficient (Wildman–Crippen LogP) is 4.72. The summed E-state index contributed by atoms with van der Waals surface area (Å²) in [5.41, 5.74) is 1.81. The Morgan fingerprint density at radius 3 is 2.71 bits per heavy atom. The highest BCUT2D eigenvalue weighted by Crippen LogP contribution is 2.35. The van der Waals surface area contributed by atoms with Gasteiger partial charge in [-0.15, -0.1) is 0 Å². The second kappa shape index (κ2) is 4.89. The molecule has 1 aromatic heterocycles. The lowest BCUT2D eigenvalue weighted by molar-refractivity contribution is 0.456. The molecule has 1 N–H and O–H groups in total. The summed E-state index contributed by atoms with van der Waals surface area (Å²) in [5, 5.41) is 5.51. The molecule has 0 aliphatic heterocycles. The minimum Gasteiger partial charge on any atom is -0.458 e. The van der Waals surface area contributed by atoms with Crippen LogP contribution in [0.4, 0.5) is 0 Å². The third-order valence-corrected chi connectivity index (χ3v) is 3.40. The van der Waals surface area contributed by atoms with Crippen LogP contribution in [0, 0.1) is 6.92 Å². The Kier molecular flexibility index (Phi) is 3.67. The zero-order chi connectivity index (χ0) is 12.6. The van der Waals surface area contributed by atoms with Gasteiger partial charge in [-0.1, -0.05) is 30.1 Å². The predicted molar refractivity (Wildman–Crippen MR) is 73.1 cm³/mol. The highest BCUT2D eigenvalue weighted by Gasteiger charge is 2.17. The molecule has 0 saturated carbocycles. The molecular formula is C13H15Cl2NO. The quantitative estimate of drug-likeness (QED) is 0.874. The number of rotatable bonds is 3. The first-order chi connectivity index (χ1) is 8.04. The van der Waals surface area contributed by atoms with E-state index < -0.39 is 0 Å². The topological polar surface area (TPSA) is 25.2 Å². The molecule has 1 atom stereocenters. The smallest absolute Gasteiger partial charge is 0.153 e. The average Bonchev–Trinajstić information content (AvgIpc) is 2.57. The van der Waals surface area contributed by atoms with Crippen molar-refractivity contribution in [1.29, 1.82) is 0 Å². The zero-order valence-electron chi connectivity index (χ0n) is 10.1. The molecule has 0 fully saturated rings. The molecule has 1 heterocycles. The summed E-state index contributed by atoms with van der Waals surface area (Å²) in [6.45, 7) is 7.07. The molecule has 92 valence electrons. The van der Waals surface area contributed by atoms with Crippen molar-refractivity contribution in [2.45, 2.75) is 26.8 Å². The van der Waals surface area contributed by atoms with E-state index in [0.29, 0.717) is 15.6 Å². The van der Waals surface area contributed by atoms with Crippen LogP contribution in [-0.2, 0) is 0 Å². The van der Waals surface area contributed by atoms with Gasteiger partial charge >= 0.3 is 0 Å². The summed E-state index contributed by atoms with van der Waals surface area (Å²) in [7, 11) is 0. The minimum atomic E-state index is 0.169. The molecule has 0 saturated heterocycles. The Bertz CT molecular complexity index is 548. The number of hydrogen-bond donors (Lipinski definition) is 1. The van der Waals surface area contributed by atoms with Crippen LogP contribution < -0.4 is 5.32 Å². The number of fused-ring (bicyclic) bond motifs is 1. The van der Waals surface area contributed by atoms with Crippen LogP contribution in [0.2, 0.25) is 10.0 Å². The molecule has 1 unspecified atom stereocenters. The zero-order valence-corrected chi connectivity index (χ0v) is 11.6. The fraction of sp³-hybridized carbons (Fsp3) is 0.385. The van der Waals surface area contributed by atoms with Gasteiger partial charge in [0.2, 0.25) is 0 Å². The summed E-state index contributed by atoms with van der Waals surface area (Å²) in [5.74, 6) is 0.922. The van der Waals surface area contributed by atoms with Gasteiger partial charge in [0.15, 0.2) is 5.58 Å². The van der Waals surface area contributed by atoms with E-state index in [1.54, 1.807) is 6.07 Å². The minimum absolute atomic E-state index is 0.169. The van der Waals surface area contributed by atoms with Crippen LogP contribution in [0.25, 0.3) is 11.0 Å². The van der Waals surface area contributed by atoms with Crippen molar-refractivity contribution >= 4 is 34.2 Å². The second-order valence-corrected chi connectivity index (χ2v) is 4.98. The first-order valence-electron chi connectivity index (χ1n) is 5.66. The van der Waals surface area contributed by atoms with Gasteiger partial charge in [0.25, 0.3) is 0 Å². The van der Waals surface area contributed by atoms with E-state index >= 15 is 0 Å². The average molecular weight is 272 g/mol. The van der Waals surface area contributed by atoms with Crippen molar-refractivity contribution in [3.8, 4) is 0 Å². The molecule has 2 aromatic rings. The van der Waals surface area contributed by atoms with E-state index in [1.807, 2.05) is 13.0 Å². The van der Waals surface area contributed by atoms with E-state index in [-0.39, 0.29) is 6.04 Å². The maximum atomic E-state index is 6.13. The van der Waals surface area contributed by atoms with E-state index in [9.17, 15) is 0 Å². The van der Waals surface area contributed by atoms with Gasteiger partial charge in [-0.2, -0.15) is 0 Å². The van der Waals surface area contributed by atoms with Crippen LogP contribution in [0.1, 0.15) is 31.2 Å². The summed E-state index contributed by atoms with van der Waals surface area (Å²) in [4.78, 5) is 0. The van der Waals surface area contributed by atoms with E-state index in [4.69, 9.17) is 27.6 Å². The number of furan rings is 1. The first-order valence-corrected chi connectivity index (χ1v) is 6.41. The van der Waals surface area contributed by atoms with Crippen molar-refractivity contribution in [1.82, 2.24) is 5.32 Å². The molecule has 2 rings (SSSR count). The molecule has 0 amide bonds.